The highest BCUT2D eigenvalue weighted by atomic mass is 35.5. The number of urea groups is 1. The lowest BCUT2D eigenvalue weighted by Crippen LogP contribution is -2.30. The molecule has 7 nitrogen and oxygen atoms in total. The minimum Gasteiger partial charge on any atom is -0.494 e. The Morgan fingerprint density at radius 1 is 0.889 bits per heavy atom. The SMILES string of the molecule is Cl.O=C1CNC(=O)N1c1cc(-c2ccc(-c3ccc(OCCCCO)cc3)cc2)nc2ccccc12. The number of aliphatic hydroxyl groups excluding tert-OH is 1. The van der Waals surface area contributed by atoms with Crippen molar-refractivity contribution in [3.05, 3.63) is 78.9 Å². The van der Waals surface area contributed by atoms with Crippen LogP contribution in [0.25, 0.3) is 33.3 Å². The number of fused-ring (bicyclic) bond motifs is 1. The molecule has 1 aromatic heterocycles. The number of nitrogens with one attached hydrogen (secondary N) is 1. The second-order valence-corrected chi connectivity index (χ2v) is 8.31. The first kappa shape index (κ1) is 25.2. The number of carbonyl (C=O) groups is 2. The highest BCUT2D eigenvalue weighted by Gasteiger charge is 2.31. The van der Waals surface area contributed by atoms with Gasteiger partial charge in [0, 0.05) is 17.6 Å². The van der Waals surface area contributed by atoms with Crippen molar-refractivity contribution in [2.75, 3.05) is 24.7 Å². The molecule has 0 radical (unpaired) electrons. The molecule has 1 aliphatic heterocycles. The number of halogens is 1. The number of nitrogens with zero attached hydrogens (tertiary/aromatic N) is 2. The van der Waals surface area contributed by atoms with Gasteiger partial charge in [-0.05, 0) is 48.2 Å². The van der Waals surface area contributed by atoms with Crippen LogP contribution in [-0.4, -0.2) is 41.8 Å². The molecule has 1 aliphatic rings. The molecule has 0 aliphatic carbocycles. The number of imide groups is 1. The van der Waals surface area contributed by atoms with Crippen molar-refractivity contribution < 1.29 is 19.4 Å². The van der Waals surface area contributed by atoms with Crippen molar-refractivity contribution in [3.8, 4) is 28.1 Å². The highest BCUT2D eigenvalue weighted by molar-refractivity contribution is 6.23. The van der Waals surface area contributed by atoms with Crippen LogP contribution in [0.2, 0.25) is 0 Å². The Bertz CT molecular complexity index is 1360. The van der Waals surface area contributed by atoms with Crippen molar-refractivity contribution in [2.45, 2.75) is 12.8 Å². The largest absolute Gasteiger partial charge is 0.494 e. The van der Waals surface area contributed by atoms with Crippen molar-refractivity contribution >= 4 is 40.9 Å². The number of aliphatic hydroxyl groups is 1. The van der Waals surface area contributed by atoms with Crippen molar-refractivity contribution in [3.63, 3.8) is 0 Å². The third-order valence-corrected chi connectivity index (χ3v) is 5.97. The Balaban J connectivity index is 0.00000304. The predicted octanol–water partition coefficient (Wildman–Crippen LogP) is 5.20. The maximum Gasteiger partial charge on any atom is 0.329 e. The van der Waals surface area contributed by atoms with Crippen LogP contribution < -0.4 is 15.0 Å². The van der Waals surface area contributed by atoms with Gasteiger partial charge in [0.1, 0.15) is 5.75 Å². The van der Waals surface area contributed by atoms with E-state index in [4.69, 9.17) is 14.8 Å². The second kappa shape index (κ2) is 11.2. The first-order valence-electron chi connectivity index (χ1n) is 11.6. The molecule has 0 bridgehead atoms. The third-order valence-electron chi connectivity index (χ3n) is 5.97. The Morgan fingerprint density at radius 3 is 2.22 bits per heavy atom. The molecule has 0 unspecified atom stereocenters. The molecule has 1 saturated heterocycles. The van der Waals surface area contributed by atoms with Crippen LogP contribution >= 0.6 is 12.4 Å². The lowest BCUT2D eigenvalue weighted by atomic mass is 10.0. The number of hydrogen-bond donors (Lipinski definition) is 2. The molecule has 0 saturated carbocycles. The van der Waals surface area contributed by atoms with E-state index < -0.39 is 6.03 Å². The van der Waals surface area contributed by atoms with Gasteiger partial charge in [-0.2, -0.15) is 0 Å². The second-order valence-electron chi connectivity index (χ2n) is 8.31. The summed E-state index contributed by atoms with van der Waals surface area (Å²) < 4.78 is 5.70. The van der Waals surface area contributed by atoms with Crippen LogP contribution in [0.5, 0.6) is 5.75 Å². The number of amides is 3. The lowest BCUT2D eigenvalue weighted by Gasteiger charge is -2.17. The van der Waals surface area contributed by atoms with E-state index in [-0.39, 0.29) is 31.5 Å². The molecule has 2 N–H and O–H groups in total. The zero-order valence-corrected chi connectivity index (χ0v) is 20.3. The summed E-state index contributed by atoms with van der Waals surface area (Å²) in [6.07, 6.45) is 1.56. The van der Waals surface area contributed by atoms with Crippen LogP contribution in [0, 0.1) is 0 Å². The van der Waals surface area contributed by atoms with Crippen molar-refractivity contribution in [1.82, 2.24) is 10.3 Å². The number of ether oxygens (including phenoxy) is 1. The summed E-state index contributed by atoms with van der Waals surface area (Å²) in [5.74, 6) is 0.519. The van der Waals surface area contributed by atoms with Gasteiger partial charge in [-0.25, -0.2) is 14.7 Å². The van der Waals surface area contributed by atoms with E-state index in [2.05, 4.69) is 5.32 Å². The van der Waals surface area contributed by atoms with Crippen LogP contribution in [0.4, 0.5) is 10.5 Å². The summed E-state index contributed by atoms with van der Waals surface area (Å²) in [7, 11) is 0. The van der Waals surface area contributed by atoms with E-state index >= 15 is 0 Å². The number of para-hydroxylation sites is 1. The smallest absolute Gasteiger partial charge is 0.329 e. The van der Waals surface area contributed by atoms with Gasteiger partial charge < -0.3 is 15.2 Å². The molecule has 36 heavy (non-hydrogen) atoms. The summed E-state index contributed by atoms with van der Waals surface area (Å²) in [6.45, 7) is 0.756. The summed E-state index contributed by atoms with van der Waals surface area (Å²) in [6, 6.07) is 24.8. The van der Waals surface area contributed by atoms with Gasteiger partial charge in [0.2, 0.25) is 0 Å². The zero-order chi connectivity index (χ0) is 24.2. The first-order chi connectivity index (χ1) is 17.1. The van der Waals surface area contributed by atoms with Crippen LogP contribution in [0.15, 0.2) is 78.9 Å². The normalized spacial score (nSPS) is 13.0. The number of hydrogen-bond acceptors (Lipinski definition) is 5. The first-order valence-corrected chi connectivity index (χ1v) is 11.6. The van der Waals surface area contributed by atoms with Gasteiger partial charge in [0.25, 0.3) is 5.91 Å². The molecule has 3 aromatic carbocycles. The zero-order valence-electron chi connectivity index (χ0n) is 19.5. The van der Waals surface area contributed by atoms with E-state index in [1.165, 1.54) is 4.90 Å². The number of benzene rings is 3. The maximum absolute atomic E-state index is 12.4. The quantitative estimate of drug-likeness (QED) is 0.255. The number of unbranched alkanes of at least 4 members (excludes halogenated alkanes) is 1. The summed E-state index contributed by atoms with van der Waals surface area (Å²) in [5.41, 5.74) is 4.93. The van der Waals surface area contributed by atoms with Crippen molar-refractivity contribution in [2.24, 2.45) is 0 Å². The molecule has 5 rings (SSSR count). The number of aromatic nitrogens is 1. The van der Waals surface area contributed by atoms with Gasteiger partial charge in [-0.15, -0.1) is 12.4 Å². The van der Waals surface area contributed by atoms with Crippen LogP contribution in [-0.2, 0) is 4.79 Å². The molecular weight excluding hydrogens is 478 g/mol. The fraction of sp³-hybridized carbons (Fsp3) is 0.179. The van der Waals surface area contributed by atoms with Gasteiger partial charge in [0.15, 0.2) is 0 Å². The Labute approximate surface area is 215 Å². The molecule has 0 spiro atoms. The standard InChI is InChI=1S/C28H25N3O4.ClH/c32-15-3-4-16-35-22-13-11-20(12-14-22)19-7-9-21(10-8-19)25-17-26(31-27(33)18-29-28(31)34)23-5-1-2-6-24(23)30-25;/h1-2,5-14,17,32H,3-4,15-16,18H2,(H,29,34);1H. The Hall–Kier alpha value is -3.94. The average molecular weight is 504 g/mol. The van der Waals surface area contributed by atoms with E-state index in [0.29, 0.717) is 23.5 Å². The summed E-state index contributed by atoms with van der Waals surface area (Å²) in [5, 5.41) is 12.2. The molecule has 0 atom stereocenters. The average Bonchev–Trinajstić information content (AvgIpc) is 3.24. The van der Waals surface area contributed by atoms with Gasteiger partial charge in [0.05, 0.1) is 30.0 Å². The van der Waals surface area contributed by atoms with Gasteiger partial charge in [-0.3, -0.25) is 4.79 Å². The predicted molar refractivity (Wildman–Crippen MR) is 143 cm³/mol. The number of rotatable bonds is 8. The van der Waals surface area contributed by atoms with Gasteiger partial charge >= 0.3 is 6.03 Å². The third kappa shape index (κ3) is 5.17. The lowest BCUT2D eigenvalue weighted by molar-refractivity contribution is -0.115. The highest BCUT2D eigenvalue weighted by Crippen LogP contribution is 2.33. The fourth-order valence-corrected chi connectivity index (χ4v) is 4.14. The summed E-state index contributed by atoms with van der Waals surface area (Å²) in [4.78, 5) is 30.7. The topological polar surface area (TPSA) is 91.8 Å². The Kier molecular flexibility index (Phi) is 7.83. The van der Waals surface area contributed by atoms with Gasteiger partial charge in [-0.1, -0.05) is 54.6 Å². The molecule has 184 valence electrons. The van der Waals surface area contributed by atoms with Crippen molar-refractivity contribution in [1.29, 1.82) is 0 Å². The molecular formula is C28H26ClN3O4. The van der Waals surface area contributed by atoms with E-state index in [1.807, 2.05) is 72.8 Å². The molecule has 3 amide bonds. The number of anilines is 1. The monoisotopic (exact) mass is 503 g/mol. The minimum atomic E-state index is -0.423. The van der Waals surface area contributed by atoms with E-state index in [1.54, 1.807) is 6.07 Å². The number of carbonyl (C=O) groups excluding carboxylic acids is 2. The minimum absolute atomic E-state index is 0. The van der Waals surface area contributed by atoms with Crippen LogP contribution in [0.3, 0.4) is 0 Å². The Morgan fingerprint density at radius 2 is 1.56 bits per heavy atom. The fourth-order valence-electron chi connectivity index (χ4n) is 4.14. The van der Waals surface area contributed by atoms with E-state index in [0.717, 1.165) is 40.7 Å². The maximum atomic E-state index is 12.4. The molecule has 2 heterocycles. The summed E-state index contributed by atoms with van der Waals surface area (Å²) >= 11 is 0. The molecule has 8 heteroatoms. The van der Waals surface area contributed by atoms with E-state index in [9.17, 15) is 9.59 Å². The molecule has 4 aromatic rings. The molecule has 1 fully saturated rings. The van der Waals surface area contributed by atoms with Crippen LogP contribution in [0.1, 0.15) is 12.8 Å². The number of pyridine rings is 1.